The van der Waals surface area contributed by atoms with Crippen molar-refractivity contribution in [2.75, 3.05) is 18.9 Å². The quantitative estimate of drug-likeness (QED) is 0.748. The first-order valence-electron chi connectivity index (χ1n) is 5.62. The van der Waals surface area contributed by atoms with Gasteiger partial charge in [-0.2, -0.15) is 0 Å². The topological polar surface area (TPSA) is 90.1 Å². The summed E-state index contributed by atoms with van der Waals surface area (Å²) in [6.45, 7) is 4.63. The van der Waals surface area contributed by atoms with E-state index in [4.69, 9.17) is 10.5 Å². The van der Waals surface area contributed by atoms with E-state index in [9.17, 15) is 4.79 Å². The zero-order chi connectivity index (χ0) is 12.7. The molecule has 0 atom stereocenters. The number of carbonyl (C=O) groups excluding carboxylic acids is 1. The number of aromatic nitrogens is 2. The molecule has 1 aromatic heterocycles. The normalized spacial score (nSPS) is 10.0. The fourth-order valence-electron chi connectivity index (χ4n) is 1.41. The Hall–Kier alpha value is -1.85. The minimum Gasteiger partial charge on any atom is -0.450 e. The van der Waals surface area contributed by atoms with Crippen molar-refractivity contribution in [3.05, 3.63) is 17.5 Å². The number of alkyl carbamates (subject to hydrolysis) is 1. The van der Waals surface area contributed by atoms with Crippen molar-refractivity contribution < 1.29 is 9.53 Å². The van der Waals surface area contributed by atoms with Crippen LogP contribution in [0.15, 0.2) is 6.20 Å². The van der Waals surface area contributed by atoms with Gasteiger partial charge < -0.3 is 15.8 Å². The summed E-state index contributed by atoms with van der Waals surface area (Å²) in [4.78, 5) is 19.0. The SMILES string of the molecule is CCOC(=O)NCCCc1cnc(N)nc1C. The monoisotopic (exact) mass is 238 g/mol. The molecule has 0 spiro atoms. The Bertz CT molecular complexity index is 382. The highest BCUT2D eigenvalue weighted by Crippen LogP contribution is 2.07. The maximum absolute atomic E-state index is 11.0. The van der Waals surface area contributed by atoms with Gasteiger partial charge in [0.2, 0.25) is 5.95 Å². The summed E-state index contributed by atoms with van der Waals surface area (Å²) in [5.74, 6) is 0.288. The highest BCUT2D eigenvalue weighted by molar-refractivity contribution is 5.66. The highest BCUT2D eigenvalue weighted by Gasteiger charge is 2.02. The fourth-order valence-corrected chi connectivity index (χ4v) is 1.41. The van der Waals surface area contributed by atoms with E-state index in [1.807, 2.05) is 6.92 Å². The molecule has 0 bridgehead atoms. The van der Waals surface area contributed by atoms with E-state index in [2.05, 4.69) is 15.3 Å². The van der Waals surface area contributed by atoms with Crippen LogP contribution >= 0.6 is 0 Å². The molecule has 0 saturated carbocycles. The van der Waals surface area contributed by atoms with Crippen molar-refractivity contribution >= 4 is 12.0 Å². The number of anilines is 1. The fraction of sp³-hybridized carbons (Fsp3) is 0.545. The van der Waals surface area contributed by atoms with E-state index < -0.39 is 0 Å². The van der Waals surface area contributed by atoms with Crippen LogP contribution in [0.1, 0.15) is 24.6 Å². The van der Waals surface area contributed by atoms with Crippen LogP contribution in [0.5, 0.6) is 0 Å². The van der Waals surface area contributed by atoms with E-state index in [1.165, 1.54) is 0 Å². The van der Waals surface area contributed by atoms with Gasteiger partial charge in [-0.3, -0.25) is 0 Å². The average Bonchev–Trinajstić information content (AvgIpc) is 2.27. The highest BCUT2D eigenvalue weighted by atomic mass is 16.5. The summed E-state index contributed by atoms with van der Waals surface area (Å²) in [7, 11) is 0. The van der Waals surface area contributed by atoms with Crippen molar-refractivity contribution in [2.45, 2.75) is 26.7 Å². The maximum atomic E-state index is 11.0. The van der Waals surface area contributed by atoms with Crippen molar-refractivity contribution in [3.63, 3.8) is 0 Å². The summed E-state index contributed by atoms with van der Waals surface area (Å²) < 4.78 is 4.74. The standard InChI is InChI=1S/C11H18N4O2/c1-3-17-11(16)13-6-4-5-9-7-14-10(12)15-8(9)2/h7H,3-6H2,1-2H3,(H,13,16)(H2,12,14,15). The summed E-state index contributed by atoms with van der Waals surface area (Å²) in [5.41, 5.74) is 7.39. The van der Waals surface area contributed by atoms with E-state index in [0.717, 1.165) is 24.1 Å². The summed E-state index contributed by atoms with van der Waals surface area (Å²) in [5, 5.41) is 2.66. The van der Waals surface area contributed by atoms with Crippen LogP contribution in [0.25, 0.3) is 0 Å². The lowest BCUT2D eigenvalue weighted by atomic mass is 10.1. The summed E-state index contributed by atoms with van der Waals surface area (Å²) >= 11 is 0. The molecule has 0 radical (unpaired) electrons. The lowest BCUT2D eigenvalue weighted by Gasteiger charge is -2.06. The number of nitrogens with one attached hydrogen (secondary N) is 1. The molecule has 0 aliphatic rings. The predicted octanol–water partition coefficient (Wildman–Crippen LogP) is 1.05. The third kappa shape index (κ3) is 4.67. The number of rotatable bonds is 5. The molecular weight excluding hydrogens is 220 g/mol. The molecule has 3 N–H and O–H groups in total. The number of carbonyl (C=O) groups is 1. The molecule has 1 heterocycles. The van der Waals surface area contributed by atoms with Crippen LogP contribution in [0.3, 0.4) is 0 Å². The molecular formula is C11H18N4O2. The minimum absolute atomic E-state index is 0.288. The zero-order valence-electron chi connectivity index (χ0n) is 10.2. The maximum Gasteiger partial charge on any atom is 0.407 e. The Morgan fingerprint density at radius 2 is 2.35 bits per heavy atom. The molecule has 0 aliphatic carbocycles. The number of nitrogen functional groups attached to an aromatic ring is 1. The van der Waals surface area contributed by atoms with E-state index in [-0.39, 0.29) is 12.0 Å². The Morgan fingerprint density at radius 1 is 1.59 bits per heavy atom. The zero-order valence-corrected chi connectivity index (χ0v) is 10.2. The van der Waals surface area contributed by atoms with Crippen molar-refractivity contribution in [2.24, 2.45) is 0 Å². The first-order valence-corrected chi connectivity index (χ1v) is 5.62. The second-order valence-corrected chi connectivity index (χ2v) is 3.59. The van der Waals surface area contributed by atoms with Crippen LogP contribution in [-0.4, -0.2) is 29.2 Å². The third-order valence-corrected chi connectivity index (χ3v) is 2.27. The Kier molecular flexibility index (Phi) is 5.19. The van der Waals surface area contributed by atoms with Gasteiger partial charge in [-0.25, -0.2) is 14.8 Å². The molecule has 1 aromatic rings. The minimum atomic E-state index is -0.377. The second-order valence-electron chi connectivity index (χ2n) is 3.59. The van der Waals surface area contributed by atoms with Gasteiger partial charge in [0.1, 0.15) is 0 Å². The number of ether oxygens (including phenoxy) is 1. The summed E-state index contributed by atoms with van der Waals surface area (Å²) in [6.07, 6.45) is 2.96. The van der Waals surface area contributed by atoms with E-state index in [1.54, 1.807) is 13.1 Å². The number of nitrogens with two attached hydrogens (primary N) is 1. The first-order chi connectivity index (χ1) is 8.13. The molecule has 0 unspecified atom stereocenters. The van der Waals surface area contributed by atoms with Gasteiger partial charge in [-0.05, 0) is 32.3 Å². The molecule has 1 rings (SSSR count). The number of hydrogen-bond donors (Lipinski definition) is 2. The molecule has 94 valence electrons. The first kappa shape index (κ1) is 13.2. The molecule has 0 saturated heterocycles. The van der Waals surface area contributed by atoms with Crippen molar-refractivity contribution in [1.82, 2.24) is 15.3 Å². The van der Waals surface area contributed by atoms with Crippen LogP contribution in [0.4, 0.5) is 10.7 Å². The van der Waals surface area contributed by atoms with Gasteiger partial charge in [-0.1, -0.05) is 0 Å². The van der Waals surface area contributed by atoms with Crippen LogP contribution in [0.2, 0.25) is 0 Å². The van der Waals surface area contributed by atoms with Crippen LogP contribution in [0, 0.1) is 6.92 Å². The Labute approximate surface area is 101 Å². The Morgan fingerprint density at radius 3 is 3.00 bits per heavy atom. The van der Waals surface area contributed by atoms with Gasteiger partial charge in [-0.15, -0.1) is 0 Å². The van der Waals surface area contributed by atoms with Gasteiger partial charge in [0.15, 0.2) is 0 Å². The van der Waals surface area contributed by atoms with Crippen LogP contribution < -0.4 is 11.1 Å². The second kappa shape index (κ2) is 6.67. The average molecular weight is 238 g/mol. The molecule has 17 heavy (non-hydrogen) atoms. The predicted molar refractivity (Wildman–Crippen MR) is 64.5 cm³/mol. The lowest BCUT2D eigenvalue weighted by molar-refractivity contribution is 0.152. The van der Waals surface area contributed by atoms with Crippen molar-refractivity contribution in [1.29, 1.82) is 0 Å². The largest absolute Gasteiger partial charge is 0.450 e. The third-order valence-electron chi connectivity index (χ3n) is 2.27. The van der Waals surface area contributed by atoms with Crippen molar-refractivity contribution in [3.8, 4) is 0 Å². The van der Waals surface area contributed by atoms with Crippen LogP contribution in [-0.2, 0) is 11.2 Å². The van der Waals surface area contributed by atoms with Gasteiger partial charge in [0, 0.05) is 18.4 Å². The molecule has 6 nitrogen and oxygen atoms in total. The molecule has 6 heteroatoms. The number of amides is 1. The summed E-state index contributed by atoms with van der Waals surface area (Å²) in [6, 6.07) is 0. The smallest absolute Gasteiger partial charge is 0.407 e. The molecule has 0 aromatic carbocycles. The number of nitrogens with zero attached hydrogens (tertiary/aromatic N) is 2. The van der Waals surface area contributed by atoms with Gasteiger partial charge in [0.25, 0.3) is 0 Å². The molecule has 0 fully saturated rings. The van der Waals surface area contributed by atoms with Gasteiger partial charge >= 0.3 is 6.09 Å². The van der Waals surface area contributed by atoms with E-state index in [0.29, 0.717) is 13.2 Å². The number of hydrogen-bond acceptors (Lipinski definition) is 5. The van der Waals surface area contributed by atoms with E-state index >= 15 is 0 Å². The molecule has 1 amide bonds. The molecule has 0 aliphatic heterocycles. The lowest BCUT2D eigenvalue weighted by Crippen LogP contribution is -2.25. The number of aryl methyl sites for hydroxylation is 2. The Balaban J connectivity index is 2.29. The van der Waals surface area contributed by atoms with Gasteiger partial charge in [0.05, 0.1) is 6.61 Å².